The second-order valence-corrected chi connectivity index (χ2v) is 19.9. The van der Waals surface area contributed by atoms with Crippen molar-refractivity contribution in [3.05, 3.63) is 467 Å². The highest BCUT2D eigenvalue weighted by molar-refractivity contribution is 5.89. The molecule has 0 unspecified atom stereocenters. The van der Waals surface area contributed by atoms with Gasteiger partial charge in [0.2, 0.25) is 0 Å². The average molecular weight is 1080 g/mol. The Hall–Kier alpha value is -10.9. The van der Waals surface area contributed by atoms with Gasteiger partial charge in [-0.2, -0.15) is 0 Å². The van der Waals surface area contributed by atoms with E-state index in [9.17, 15) is 0 Å². The lowest BCUT2D eigenvalue weighted by molar-refractivity contribution is 1.53. The summed E-state index contributed by atoms with van der Waals surface area (Å²) in [4.78, 5) is 0. The monoisotopic (exact) mass is 1070 g/mol. The summed E-state index contributed by atoms with van der Waals surface area (Å²) < 4.78 is 0. The number of allylic oxidation sites excluding steroid dienone is 6. The van der Waals surface area contributed by atoms with Gasteiger partial charge in [0.05, 0.1) is 0 Å². The third-order valence-electron chi connectivity index (χ3n) is 14.3. The summed E-state index contributed by atoms with van der Waals surface area (Å²) in [7, 11) is 0. The topological polar surface area (TPSA) is 0 Å². The van der Waals surface area contributed by atoms with Crippen LogP contribution in [-0.4, -0.2) is 0 Å². The third-order valence-corrected chi connectivity index (χ3v) is 14.3. The van der Waals surface area contributed by atoms with Crippen LogP contribution in [0.4, 0.5) is 0 Å². The average Bonchev–Trinajstić information content (AvgIpc) is 3.69. The normalized spacial score (nSPS) is 10.1. The van der Waals surface area contributed by atoms with Crippen LogP contribution in [0, 0.1) is 0 Å². The minimum Gasteiger partial charge on any atom is -0.0622 e. The molecule has 0 atom stereocenters. The van der Waals surface area contributed by atoms with Crippen molar-refractivity contribution >= 4 is 33.4 Å². The van der Waals surface area contributed by atoms with Crippen molar-refractivity contribution in [2.75, 3.05) is 0 Å². The second-order valence-electron chi connectivity index (χ2n) is 19.9. The van der Waals surface area contributed by atoms with Crippen molar-refractivity contribution in [3.8, 4) is 0 Å². The standard InChI is InChI=1S/3C28H22/c3*1-5-13-23(14-6-1)27(24-15-7-2-8-16-24)21-22-28(25-17-9-3-10-18-25)26-19-11-4-12-20-26/h3*1-22H. The zero-order valence-electron chi connectivity index (χ0n) is 47.1. The summed E-state index contributed by atoms with van der Waals surface area (Å²) in [5.74, 6) is 0. The molecule has 0 spiro atoms. The Kier molecular flexibility index (Phi) is 20.5. The first-order chi connectivity index (χ1) is 41.7. The Bertz CT molecular complexity index is 3080. The first kappa shape index (κ1) is 56.4. The van der Waals surface area contributed by atoms with Crippen LogP contribution in [0.5, 0.6) is 0 Å². The molecule has 0 heteroatoms. The van der Waals surface area contributed by atoms with E-state index in [-0.39, 0.29) is 0 Å². The first-order valence-corrected chi connectivity index (χ1v) is 28.7. The van der Waals surface area contributed by atoms with E-state index in [2.05, 4.69) is 400 Å². The Morgan fingerprint density at radius 1 is 0.107 bits per heavy atom. The molecule has 0 nitrogen and oxygen atoms in total. The van der Waals surface area contributed by atoms with Crippen LogP contribution in [-0.2, 0) is 0 Å². The van der Waals surface area contributed by atoms with E-state index < -0.39 is 0 Å². The molecule has 84 heavy (non-hydrogen) atoms. The predicted molar refractivity (Wildman–Crippen MR) is 360 cm³/mol. The third kappa shape index (κ3) is 15.9. The minimum atomic E-state index is 1.21. The van der Waals surface area contributed by atoms with Gasteiger partial charge in [-0.15, -0.1) is 0 Å². The van der Waals surface area contributed by atoms with Crippen molar-refractivity contribution < 1.29 is 0 Å². The van der Waals surface area contributed by atoms with Gasteiger partial charge in [-0.3, -0.25) is 0 Å². The van der Waals surface area contributed by atoms with Crippen LogP contribution >= 0.6 is 0 Å². The van der Waals surface area contributed by atoms with Crippen molar-refractivity contribution in [2.45, 2.75) is 0 Å². The number of hydrogen-bond donors (Lipinski definition) is 0. The maximum atomic E-state index is 2.24. The molecule has 0 N–H and O–H groups in total. The highest BCUT2D eigenvalue weighted by Crippen LogP contribution is 2.31. The van der Waals surface area contributed by atoms with Gasteiger partial charge < -0.3 is 0 Å². The molecule has 0 saturated heterocycles. The van der Waals surface area contributed by atoms with Gasteiger partial charge in [-0.05, 0) is 100 Å². The molecule has 0 fully saturated rings. The zero-order chi connectivity index (χ0) is 57.1. The maximum absolute atomic E-state index is 2.24. The molecule has 402 valence electrons. The molecule has 0 saturated carbocycles. The van der Waals surface area contributed by atoms with Crippen molar-refractivity contribution in [2.24, 2.45) is 0 Å². The van der Waals surface area contributed by atoms with Gasteiger partial charge in [0, 0.05) is 0 Å². The molecule has 12 aromatic rings. The van der Waals surface area contributed by atoms with Gasteiger partial charge in [-0.1, -0.05) is 400 Å². The van der Waals surface area contributed by atoms with Gasteiger partial charge in [-0.25, -0.2) is 0 Å². The lowest BCUT2D eigenvalue weighted by Gasteiger charge is -2.10. The number of hydrogen-bond acceptors (Lipinski definition) is 0. The molecule has 0 aliphatic carbocycles. The van der Waals surface area contributed by atoms with E-state index in [1.807, 2.05) is 0 Å². The van der Waals surface area contributed by atoms with Gasteiger partial charge in [0.1, 0.15) is 0 Å². The predicted octanol–water partition coefficient (Wildman–Crippen LogP) is 21.8. The summed E-state index contributed by atoms with van der Waals surface area (Å²) in [6, 6.07) is 127. The summed E-state index contributed by atoms with van der Waals surface area (Å²) in [6.45, 7) is 0. The fraction of sp³-hybridized carbons (Fsp3) is 0. The lowest BCUT2D eigenvalue weighted by atomic mass is 9.94. The van der Waals surface area contributed by atoms with E-state index in [1.54, 1.807) is 0 Å². The highest BCUT2D eigenvalue weighted by Gasteiger charge is 2.10. The van der Waals surface area contributed by atoms with Crippen LogP contribution in [0.1, 0.15) is 66.8 Å². The van der Waals surface area contributed by atoms with Gasteiger partial charge >= 0.3 is 0 Å². The number of rotatable bonds is 15. The Morgan fingerprint density at radius 3 is 0.250 bits per heavy atom. The van der Waals surface area contributed by atoms with Crippen LogP contribution < -0.4 is 0 Å². The Balaban J connectivity index is 0.000000140. The van der Waals surface area contributed by atoms with Crippen LogP contribution in [0.25, 0.3) is 33.4 Å². The largest absolute Gasteiger partial charge is 0.0622 e. The first-order valence-electron chi connectivity index (χ1n) is 28.7. The molecule has 0 heterocycles. The van der Waals surface area contributed by atoms with Gasteiger partial charge in [0.15, 0.2) is 0 Å². The molecule has 0 amide bonds. The summed E-state index contributed by atoms with van der Waals surface area (Å²) in [5, 5.41) is 0. The van der Waals surface area contributed by atoms with Crippen LogP contribution in [0.2, 0.25) is 0 Å². The Morgan fingerprint density at radius 2 is 0.179 bits per heavy atom. The molecule has 0 aliphatic rings. The van der Waals surface area contributed by atoms with Crippen LogP contribution in [0.3, 0.4) is 0 Å². The minimum absolute atomic E-state index is 1.21. The molecule has 12 rings (SSSR count). The summed E-state index contributed by atoms with van der Waals surface area (Å²) >= 11 is 0. The summed E-state index contributed by atoms with van der Waals surface area (Å²) in [6.07, 6.45) is 13.4. The van der Waals surface area contributed by atoms with E-state index in [0.29, 0.717) is 0 Å². The maximum Gasteiger partial charge on any atom is -0.0111 e. The van der Waals surface area contributed by atoms with E-state index in [4.69, 9.17) is 0 Å². The Labute approximate surface area is 497 Å². The molecule has 0 aliphatic heterocycles. The van der Waals surface area contributed by atoms with E-state index in [1.165, 1.54) is 100 Å². The smallest absolute Gasteiger partial charge is 0.0111 e. The second kappa shape index (κ2) is 30.6. The quantitative estimate of drug-likeness (QED) is 0.0898. The lowest BCUT2D eigenvalue weighted by Crippen LogP contribution is -1.89. The van der Waals surface area contributed by atoms with Crippen LogP contribution in [0.15, 0.2) is 400 Å². The van der Waals surface area contributed by atoms with Crippen molar-refractivity contribution in [3.63, 3.8) is 0 Å². The summed E-state index contributed by atoms with van der Waals surface area (Å²) in [5.41, 5.74) is 21.8. The van der Waals surface area contributed by atoms with E-state index in [0.717, 1.165) is 0 Å². The molecule has 12 aromatic carbocycles. The fourth-order valence-electron chi connectivity index (χ4n) is 10.1. The zero-order valence-corrected chi connectivity index (χ0v) is 47.1. The molecule has 0 radical (unpaired) electrons. The molecular formula is C84H66. The molecule has 0 bridgehead atoms. The van der Waals surface area contributed by atoms with Gasteiger partial charge in [0.25, 0.3) is 0 Å². The van der Waals surface area contributed by atoms with Crippen molar-refractivity contribution in [1.82, 2.24) is 0 Å². The fourth-order valence-corrected chi connectivity index (χ4v) is 10.1. The highest BCUT2D eigenvalue weighted by atomic mass is 14.1. The molecule has 0 aromatic heterocycles. The number of benzene rings is 12. The SMILES string of the molecule is C(C=C(c1ccccc1)c1ccccc1)=C(c1ccccc1)c1ccccc1.C(C=C(c1ccccc1)c1ccccc1)=C(c1ccccc1)c1ccccc1.C(C=C(c1ccccc1)c1ccccc1)=C(c1ccccc1)c1ccccc1. The van der Waals surface area contributed by atoms with E-state index >= 15 is 0 Å². The molecular weight excluding hydrogens is 1010 g/mol. The van der Waals surface area contributed by atoms with Crippen molar-refractivity contribution in [1.29, 1.82) is 0 Å².